The van der Waals surface area contributed by atoms with Crippen molar-refractivity contribution in [2.75, 3.05) is 5.32 Å². The van der Waals surface area contributed by atoms with Crippen molar-refractivity contribution in [1.82, 2.24) is 30.4 Å². The van der Waals surface area contributed by atoms with E-state index in [-0.39, 0.29) is 11.8 Å². The normalized spacial score (nSPS) is 21.3. The second kappa shape index (κ2) is 7.58. The zero-order valence-corrected chi connectivity index (χ0v) is 14.0. The smallest absolute Gasteiger partial charge is 0.229 e. The number of nitrogens with one attached hydrogen (secondary N) is 1. The summed E-state index contributed by atoms with van der Waals surface area (Å²) in [5.41, 5.74) is 0. The molecule has 0 atom stereocenters. The van der Waals surface area contributed by atoms with Gasteiger partial charge in [-0.3, -0.25) is 4.79 Å². The minimum atomic E-state index is 0.0682. The van der Waals surface area contributed by atoms with E-state index in [0.717, 1.165) is 50.1 Å². The first-order valence-electron chi connectivity index (χ1n) is 8.08. The number of amides is 1. The Labute approximate surface area is 138 Å². The molecule has 2 aromatic rings. The van der Waals surface area contributed by atoms with Crippen molar-refractivity contribution in [3.05, 3.63) is 11.3 Å². The predicted octanol–water partition coefficient (Wildman–Crippen LogP) is 1.92. The third-order valence-corrected chi connectivity index (χ3v) is 5.11. The molecule has 0 bridgehead atoms. The number of nitrogens with zero attached hydrogens (tertiary/aromatic N) is 6. The molecule has 1 fully saturated rings. The van der Waals surface area contributed by atoms with Crippen LogP contribution in [0.4, 0.5) is 5.13 Å². The van der Waals surface area contributed by atoms with E-state index in [1.54, 1.807) is 11.0 Å². The quantitative estimate of drug-likeness (QED) is 0.866. The summed E-state index contributed by atoms with van der Waals surface area (Å²) in [5.74, 6) is 0.684. The Morgan fingerprint density at radius 2 is 2.17 bits per heavy atom. The molecule has 0 unspecified atom stereocenters. The van der Waals surface area contributed by atoms with Gasteiger partial charge in [0.2, 0.25) is 11.0 Å². The van der Waals surface area contributed by atoms with Gasteiger partial charge in [0.25, 0.3) is 0 Å². The lowest BCUT2D eigenvalue weighted by atomic mass is 9.81. The van der Waals surface area contributed by atoms with Gasteiger partial charge in [-0.15, -0.1) is 15.3 Å². The highest BCUT2D eigenvalue weighted by Gasteiger charge is 2.27. The molecule has 1 saturated carbocycles. The Morgan fingerprint density at radius 1 is 1.35 bits per heavy atom. The zero-order chi connectivity index (χ0) is 16.1. The first-order chi connectivity index (χ1) is 11.2. The number of hydrogen-bond acceptors (Lipinski definition) is 7. The van der Waals surface area contributed by atoms with Crippen LogP contribution in [0.2, 0.25) is 0 Å². The number of carbonyl (C=O) groups excluding carboxylic acids is 1. The van der Waals surface area contributed by atoms with Crippen molar-refractivity contribution in [3.8, 4) is 0 Å². The van der Waals surface area contributed by atoms with E-state index < -0.39 is 0 Å². The van der Waals surface area contributed by atoms with Gasteiger partial charge in [0.15, 0.2) is 0 Å². The molecule has 124 valence electrons. The summed E-state index contributed by atoms with van der Waals surface area (Å²) in [6.45, 7) is 2.94. The van der Waals surface area contributed by atoms with E-state index in [4.69, 9.17) is 0 Å². The number of carbonyl (C=O) groups is 1. The molecule has 2 heterocycles. The fraction of sp³-hybridized carbons (Fsp3) is 0.714. The maximum atomic E-state index is 12.3. The van der Waals surface area contributed by atoms with Crippen molar-refractivity contribution in [2.24, 2.45) is 11.8 Å². The summed E-state index contributed by atoms with van der Waals surface area (Å²) in [4.78, 5) is 12.3. The van der Waals surface area contributed by atoms with Crippen molar-refractivity contribution >= 4 is 22.4 Å². The lowest BCUT2D eigenvalue weighted by Gasteiger charge is -2.27. The number of aromatic nitrogens is 6. The average Bonchev–Trinajstić information content (AvgIpc) is 3.21. The molecule has 9 heteroatoms. The molecule has 8 nitrogen and oxygen atoms in total. The second-order valence-electron chi connectivity index (χ2n) is 5.99. The van der Waals surface area contributed by atoms with Gasteiger partial charge in [-0.1, -0.05) is 18.3 Å². The Hall–Kier alpha value is -1.90. The second-order valence-corrected chi connectivity index (χ2v) is 7.05. The van der Waals surface area contributed by atoms with Crippen LogP contribution in [0, 0.1) is 11.8 Å². The standard InChI is InChI=1S/C14H21N7OS/c1-2-3-12-17-18-14(23-12)16-13(22)11-6-4-10(5-7-11)8-21-9-15-19-20-21/h9-11H,2-8H2,1H3,(H,16,18,22). The van der Waals surface area contributed by atoms with Gasteiger partial charge >= 0.3 is 0 Å². The first-order valence-corrected chi connectivity index (χ1v) is 8.90. The number of aryl methyl sites for hydroxylation is 1. The molecule has 0 saturated heterocycles. The van der Waals surface area contributed by atoms with Gasteiger partial charge in [0.05, 0.1) is 0 Å². The van der Waals surface area contributed by atoms with Gasteiger partial charge in [0, 0.05) is 18.9 Å². The summed E-state index contributed by atoms with van der Waals surface area (Å²) in [6, 6.07) is 0. The summed E-state index contributed by atoms with van der Waals surface area (Å²) >= 11 is 1.47. The third-order valence-electron chi connectivity index (χ3n) is 4.22. The predicted molar refractivity (Wildman–Crippen MR) is 85.8 cm³/mol. The van der Waals surface area contributed by atoms with Gasteiger partial charge in [0.1, 0.15) is 11.3 Å². The molecule has 1 aliphatic rings. The van der Waals surface area contributed by atoms with Crippen LogP contribution in [0.1, 0.15) is 44.0 Å². The minimum Gasteiger partial charge on any atom is -0.300 e. The molecule has 0 spiro atoms. The molecule has 1 amide bonds. The third kappa shape index (κ3) is 4.31. The Morgan fingerprint density at radius 3 is 2.87 bits per heavy atom. The molecule has 1 N–H and O–H groups in total. The average molecular weight is 335 g/mol. The topological polar surface area (TPSA) is 98.5 Å². The zero-order valence-electron chi connectivity index (χ0n) is 13.2. The van der Waals surface area contributed by atoms with Gasteiger partial charge in [-0.25, -0.2) is 4.68 Å². The van der Waals surface area contributed by atoms with Gasteiger partial charge in [-0.2, -0.15) is 0 Å². The maximum absolute atomic E-state index is 12.3. The van der Waals surface area contributed by atoms with Crippen molar-refractivity contribution in [1.29, 1.82) is 0 Å². The van der Waals surface area contributed by atoms with Crippen molar-refractivity contribution in [2.45, 2.75) is 52.0 Å². The minimum absolute atomic E-state index is 0.0682. The molecule has 23 heavy (non-hydrogen) atoms. The number of anilines is 1. The first kappa shape index (κ1) is 16.0. The molecule has 0 aliphatic heterocycles. The molecule has 3 rings (SSSR count). The van der Waals surface area contributed by atoms with Crippen molar-refractivity contribution in [3.63, 3.8) is 0 Å². The van der Waals surface area contributed by atoms with E-state index in [9.17, 15) is 4.79 Å². The summed E-state index contributed by atoms with van der Waals surface area (Å²) in [6.07, 6.45) is 7.44. The van der Waals surface area contributed by atoms with E-state index in [0.29, 0.717) is 11.0 Å². The summed E-state index contributed by atoms with van der Waals surface area (Å²) in [5, 5.41) is 23.9. The number of hydrogen-bond donors (Lipinski definition) is 1. The van der Waals surface area contributed by atoms with Crippen LogP contribution < -0.4 is 5.32 Å². The molecule has 0 aromatic carbocycles. The monoisotopic (exact) mass is 335 g/mol. The Balaban J connectivity index is 1.45. The van der Waals surface area contributed by atoms with Crippen LogP contribution in [0.25, 0.3) is 0 Å². The number of tetrazole rings is 1. The molecular formula is C14H21N7OS. The van der Waals surface area contributed by atoms with E-state index in [2.05, 4.69) is 38.0 Å². The Bertz CT molecular complexity index is 619. The fourth-order valence-corrected chi connectivity index (χ4v) is 3.81. The van der Waals surface area contributed by atoms with Gasteiger partial charge in [-0.05, 0) is 48.4 Å². The van der Waals surface area contributed by atoms with Crippen LogP contribution in [0.5, 0.6) is 0 Å². The van der Waals surface area contributed by atoms with E-state index in [1.807, 2.05) is 0 Å². The van der Waals surface area contributed by atoms with Crippen LogP contribution in [-0.4, -0.2) is 36.3 Å². The van der Waals surface area contributed by atoms with Crippen LogP contribution in [0.3, 0.4) is 0 Å². The van der Waals surface area contributed by atoms with Crippen LogP contribution >= 0.6 is 11.3 Å². The van der Waals surface area contributed by atoms with E-state index >= 15 is 0 Å². The van der Waals surface area contributed by atoms with Crippen LogP contribution in [-0.2, 0) is 17.8 Å². The largest absolute Gasteiger partial charge is 0.300 e. The summed E-state index contributed by atoms with van der Waals surface area (Å²) < 4.78 is 1.77. The Kier molecular flexibility index (Phi) is 5.27. The fourth-order valence-electron chi connectivity index (χ4n) is 2.96. The number of rotatable bonds is 6. The molecular weight excluding hydrogens is 314 g/mol. The highest BCUT2D eigenvalue weighted by molar-refractivity contribution is 7.15. The molecule has 0 radical (unpaired) electrons. The molecule has 1 aliphatic carbocycles. The maximum Gasteiger partial charge on any atom is 0.229 e. The van der Waals surface area contributed by atoms with Crippen LogP contribution in [0.15, 0.2) is 6.33 Å². The lowest BCUT2D eigenvalue weighted by molar-refractivity contribution is -0.121. The summed E-state index contributed by atoms with van der Waals surface area (Å²) in [7, 11) is 0. The molecule has 2 aromatic heterocycles. The highest BCUT2D eigenvalue weighted by Crippen LogP contribution is 2.30. The van der Waals surface area contributed by atoms with Gasteiger partial charge < -0.3 is 5.32 Å². The van der Waals surface area contributed by atoms with E-state index in [1.165, 1.54) is 11.3 Å². The lowest BCUT2D eigenvalue weighted by Crippen LogP contribution is -2.28. The van der Waals surface area contributed by atoms with Crippen molar-refractivity contribution < 1.29 is 4.79 Å². The SMILES string of the molecule is CCCc1nnc(NC(=O)C2CCC(Cn3cnnn3)CC2)s1. The highest BCUT2D eigenvalue weighted by atomic mass is 32.1.